The number of pyridine rings is 1. The van der Waals surface area contributed by atoms with Crippen LogP contribution in [-0.2, 0) is 5.41 Å². The number of fused-ring (bicyclic) bond motifs is 1. The summed E-state index contributed by atoms with van der Waals surface area (Å²) in [6, 6.07) is 15.5. The molecule has 224 valence electrons. The molecule has 5 rings (SSSR count). The van der Waals surface area contributed by atoms with Gasteiger partial charge in [0.2, 0.25) is 5.95 Å². The van der Waals surface area contributed by atoms with Gasteiger partial charge < -0.3 is 10.6 Å². The predicted octanol–water partition coefficient (Wildman–Crippen LogP) is 6.22. The van der Waals surface area contributed by atoms with Crippen LogP contribution < -0.4 is 21.5 Å². The van der Waals surface area contributed by atoms with Gasteiger partial charge >= 0.3 is 6.03 Å². The first-order valence-electron chi connectivity index (χ1n) is 14.0. The zero-order valence-electron chi connectivity index (χ0n) is 25.2. The van der Waals surface area contributed by atoms with Gasteiger partial charge in [-0.2, -0.15) is 15.3 Å². The monoisotopic (exact) mass is 593 g/mol. The first kappa shape index (κ1) is 29.9. The number of nitrogens with one attached hydrogen (secondary N) is 3. The average Bonchev–Trinajstić information content (AvgIpc) is 3.42. The van der Waals surface area contributed by atoms with Crippen molar-refractivity contribution in [3.05, 3.63) is 88.2 Å². The van der Waals surface area contributed by atoms with Crippen molar-refractivity contribution in [1.29, 1.82) is 5.26 Å². The van der Waals surface area contributed by atoms with E-state index in [0.717, 1.165) is 0 Å². The second kappa shape index (κ2) is 11.6. The van der Waals surface area contributed by atoms with E-state index in [2.05, 4.69) is 37.1 Å². The Morgan fingerprint density at radius 2 is 1.84 bits per heavy atom. The lowest BCUT2D eigenvalue weighted by Gasteiger charge is -2.16. The Kier molecular flexibility index (Phi) is 7.89. The summed E-state index contributed by atoms with van der Waals surface area (Å²) in [5.74, 6) is 0.0305. The van der Waals surface area contributed by atoms with E-state index in [1.165, 1.54) is 22.9 Å². The molecule has 0 aliphatic rings. The summed E-state index contributed by atoms with van der Waals surface area (Å²) in [5.41, 5.74) is 2.13. The molecule has 5 aromatic rings. The number of amides is 2. The zero-order valence-corrected chi connectivity index (χ0v) is 25.2. The molecule has 0 radical (unpaired) electrons. The van der Waals surface area contributed by atoms with E-state index in [4.69, 9.17) is 0 Å². The number of hydrogen-bond donors (Lipinski definition) is 3. The highest BCUT2D eigenvalue weighted by Crippen LogP contribution is 2.29. The summed E-state index contributed by atoms with van der Waals surface area (Å²) < 4.78 is 18.1. The van der Waals surface area contributed by atoms with Crippen LogP contribution in [0, 0.1) is 17.1 Å². The van der Waals surface area contributed by atoms with Gasteiger partial charge in [-0.25, -0.2) is 18.9 Å². The normalized spacial score (nSPS) is 11.4. The molecule has 0 bridgehead atoms. The van der Waals surface area contributed by atoms with E-state index in [9.17, 15) is 14.9 Å². The minimum Gasteiger partial charge on any atom is -0.357 e. The number of carbonyl (C=O) groups is 1. The summed E-state index contributed by atoms with van der Waals surface area (Å²) in [4.78, 5) is 35.6. The Morgan fingerprint density at radius 1 is 1.07 bits per heavy atom. The molecular weight excluding hydrogens is 561 g/mol. The van der Waals surface area contributed by atoms with Crippen LogP contribution in [0.3, 0.4) is 0 Å². The first-order chi connectivity index (χ1) is 20.9. The molecule has 2 aromatic carbocycles. The Hall–Kier alpha value is -5.57. The van der Waals surface area contributed by atoms with Gasteiger partial charge in [0.25, 0.3) is 5.56 Å². The fourth-order valence-corrected chi connectivity index (χ4v) is 4.73. The maximum Gasteiger partial charge on any atom is 0.324 e. The summed E-state index contributed by atoms with van der Waals surface area (Å²) in [7, 11) is 1.69. The Labute approximate surface area is 253 Å². The van der Waals surface area contributed by atoms with E-state index in [-0.39, 0.29) is 22.7 Å². The topological polar surface area (TPSA) is 143 Å². The molecule has 0 unspecified atom stereocenters. The molecule has 44 heavy (non-hydrogen) atoms. The third kappa shape index (κ3) is 5.85. The van der Waals surface area contributed by atoms with E-state index in [1.807, 2.05) is 34.6 Å². The van der Waals surface area contributed by atoms with Crippen LogP contribution in [0.1, 0.15) is 51.9 Å². The van der Waals surface area contributed by atoms with Crippen LogP contribution in [0.2, 0.25) is 0 Å². The molecule has 0 saturated carbocycles. The van der Waals surface area contributed by atoms with E-state index >= 15 is 4.39 Å². The second-order valence-electron chi connectivity index (χ2n) is 11.6. The molecule has 0 saturated heterocycles. The molecule has 3 heterocycles. The highest BCUT2D eigenvalue weighted by Gasteiger charge is 2.22. The van der Waals surface area contributed by atoms with Crippen LogP contribution in [-0.4, -0.2) is 37.4 Å². The number of anilines is 3. The van der Waals surface area contributed by atoms with Crippen LogP contribution in [0.5, 0.6) is 0 Å². The van der Waals surface area contributed by atoms with Crippen molar-refractivity contribution in [2.45, 2.75) is 46.1 Å². The lowest BCUT2D eigenvalue weighted by molar-refractivity contribution is 0.262. The lowest BCUT2D eigenvalue weighted by Crippen LogP contribution is -2.25. The minimum atomic E-state index is -0.717. The van der Waals surface area contributed by atoms with Crippen molar-refractivity contribution in [1.82, 2.24) is 24.3 Å². The molecule has 0 aliphatic carbocycles. The molecule has 3 N–H and O–H groups in total. The molecule has 12 heteroatoms. The SMILES string of the molecule is CNc1ncc2cc(-c3ccc(F)c(NC(=O)Nc4cc(C(C)(C)C)nn4-c4cccc(C#N)c4)c3)c(=O)n(C(C)C)c2n1. The smallest absolute Gasteiger partial charge is 0.324 e. The minimum absolute atomic E-state index is 0.119. The summed E-state index contributed by atoms with van der Waals surface area (Å²) in [6.07, 6.45) is 1.62. The maximum atomic E-state index is 15.0. The second-order valence-corrected chi connectivity index (χ2v) is 11.6. The van der Waals surface area contributed by atoms with E-state index in [1.54, 1.807) is 54.2 Å². The van der Waals surface area contributed by atoms with Crippen molar-refractivity contribution in [2.75, 3.05) is 23.0 Å². The zero-order chi connectivity index (χ0) is 31.8. The van der Waals surface area contributed by atoms with Gasteiger partial charge in [-0.1, -0.05) is 32.9 Å². The highest BCUT2D eigenvalue weighted by molar-refractivity contribution is 6.00. The predicted molar refractivity (Wildman–Crippen MR) is 169 cm³/mol. The van der Waals surface area contributed by atoms with E-state index < -0.39 is 11.8 Å². The molecule has 0 aliphatic heterocycles. The largest absolute Gasteiger partial charge is 0.357 e. The average molecular weight is 594 g/mol. The summed E-state index contributed by atoms with van der Waals surface area (Å²) >= 11 is 0. The first-order valence-corrected chi connectivity index (χ1v) is 14.0. The van der Waals surface area contributed by atoms with Crippen LogP contribution >= 0.6 is 0 Å². The van der Waals surface area contributed by atoms with Gasteiger partial charge in [0, 0.05) is 41.7 Å². The number of rotatable bonds is 6. The Balaban J connectivity index is 1.50. The number of hydrogen-bond acceptors (Lipinski definition) is 7. The van der Waals surface area contributed by atoms with Crippen molar-refractivity contribution in [3.63, 3.8) is 0 Å². The number of carbonyl (C=O) groups excluding carboxylic acids is 1. The van der Waals surface area contributed by atoms with Gasteiger partial charge in [0.1, 0.15) is 17.3 Å². The fraction of sp³-hybridized carbons (Fsp3) is 0.250. The molecule has 2 amide bonds. The molecular formula is C32H32FN9O2. The van der Waals surface area contributed by atoms with Crippen molar-refractivity contribution < 1.29 is 9.18 Å². The van der Waals surface area contributed by atoms with Crippen LogP contribution in [0.25, 0.3) is 27.8 Å². The molecule has 0 spiro atoms. The molecule has 3 aromatic heterocycles. The van der Waals surface area contributed by atoms with E-state index in [0.29, 0.717) is 50.9 Å². The van der Waals surface area contributed by atoms with Crippen LogP contribution in [0.15, 0.2) is 65.6 Å². The maximum absolute atomic E-state index is 15.0. The number of benzene rings is 2. The number of urea groups is 1. The van der Waals surface area contributed by atoms with Gasteiger partial charge in [-0.3, -0.25) is 14.7 Å². The van der Waals surface area contributed by atoms with Gasteiger partial charge in [0.15, 0.2) is 0 Å². The van der Waals surface area contributed by atoms with Gasteiger partial charge in [-0.05, 0) is 55.8 Å². The number of nitrogens with zero attached hydrogens (tertiary/aromatic N) is 6. The van der Waals surface area contributed by atoms with Gasteiger partial charge in [-0.15, -0.1) is 0 Å². The molecule has 0 fully saturated rings. The summed E-state index contributed by atoms with van der Waals surface area (Å²) in [6.45, 7) is 9.71. The Morgan fingerprint density at radius 3 is 2.52 bits per heavy atom. The molecule has 11 nitrogen and oxygen atoms in total. The Bertz CT molecular complexity index is 2000. The molecule has 0 atom stereocenters. The lowest BCUT2D eigenvalue weighted by atomic mass is 9.92. The fourth-order valence-electron chi connectivity index (χ4n) is 4.73. The number of halogens is 1. The number of aromatic nitrogens is 5. The van der Waals surface area contributed by atoms with Crippen LogP contribution in [0.4, 0.5) is 26.6 Å². The summed E-state index contributed by atoms with van der Waals surface area (Å²) in [5, 5.41) is 22.9. The third-order valence-electron chi connectivity index (χ3n) is 6.98. The van der Waals surface area contributed by atoms with Crippen molar-refractivity contribution in [2.24, 2.45) is 0 Å². The van der Waals surface area contributed by atoms with Crippen molar-refractivity contribution in [3.8, 4) is 22.9 Å². The van der Waals surface area contributed by atoms with Gasteiger partial charge in [0.05, 0.1) is 28.7 Å². The number of nitriles is 1. The third-order valence-corrected chi connectivity index (χ3v) is 6.98. The highest BCUT2D eigenvalue weighted by atomic mass is 19.1. The van der Waals surface area contributed by atoms with Crippen molar-refractivity contribution >= 4 is 34.5 Å². The quantitative estimate of drug-likeness (QED) is 0.212. The standard InChI is InChI=1S/C32H32FN9O2/c1-18(2)41-28-21(17-36-30(35-6)39-28)13-23(29(41)43)20-10-11-24(33)25(14-20)37-31(44)38-27-15-26(32(3,4)5)40-42(27)22-9-7-8-19(12-22)16-34/h7-15,17-18H,1-6H3,(H,35,36,39)(H2,37,38,44).